The van der Waals surface area contributed by atoms with Crippen LogP contribution in [0.1, 0.15) is 6.42 Å². The van der Waals surface area contributed by atoms with E-state index in [1.807, 2.05) is 30.3 Å². The summed E-state index contributed by atoms with van der Waals surface area (Å²) >= 11 is 0. The molecule has 0 fully saturated rings. The maximum Gasteiger partial charge on any atom is 0.324 e. The SMILES string of the molecule is O=C(O)C(CCSSc1ccccc1)S(=O)(=O)O. The lowest BCUT2D eigenvalue weighted by atomic mass is 10.3. The summed E-state index contributed by atoms with van der Waals surface area (Å²) in [5.74, 6) is -1.21. The van der Waals surface area contributed by atoms with Crippen LogP contribution in [0.4, 0.5) is 0 Å². The third kappa shape index (κ3) is 5.30. The predicted octanol–water partition coefficient (Wildman–Crippen LogP) is 2.16. The second-order valence-corrected chi connectivity index (χ2v) is 7.44. The highest BCUT2D eigenvalue weighted by Gasteiger charge is 2.30. The summed E-state index contributed by atoms with van der Waals surface area (Å²) in [5.41, 5.74) is 0. The first kappa shape index (κ1) is 15.4. The van der Waals surface area contributed by atoms with E-state index in [0.29, 0.717) is 5.75 Å². The first-order valence-electron chi connectivity index (χ1n) is 4.95. The molecule has 0 heterocycles. The molecule has 0 spiro atoms. The van der Waals surface area contributed by atoms with E-state index in [1.54, 1.807) is 0 Å². The highest BCUT2D eigenvalue weighted by Crippen LogP contribution is 2.31. The fraction of sp³-hybridized carbons (Fsp3) is 0.300. The first-order valence-corrected chi connectivity index (χ1v) is 8.77. The number of hydrogen-bond acceptors (Lipinski definition) is 5. The van der Waals surface area contributed by atoms with Crippen LogP contribution in [0.5, 0.6) is 0 Å². The van der Waals surface area contributed by atoms with Gasteiger partial charge in [-0.1, -0.05) is 39.8 Å². The van der Waals surface area contributed by atoms with Gasteiger partial charge in [0.05, 0.1) is 0 Å². The normalized spacial score (nSPS) is 13.2. The average molecular weight is 308 g/mol. The molecule has 1 rings (SSSR count). The summed E-state index contributed by atoms with van der Waals surface area (Å²) in [5, 5.41) is 6.92. The third-order valence-electron chi connectivity index (χ3n) is 2.00. The molecule has 18 heavy (non-hydrogen) atoms. The van der Waals surface area contributed by atoms with Crippen LogP contribution in [0.15, 0.2) is 35.2 Å². The minimum atomic E-state index is -4.53. The largest absolute Gasteiger partial charge is 0.480 e. The van der Waals surface area contributed by atoms with E-state index in [1.165, 1.54) is 21.6 Å². The zero-order valence-electron chi connectivity index (χ0n) is 9.22. The van der Waals surface area contributed by atoms with Gasteiger partial charge in [-0.25, -0.2) is 0 Å². The lowest BCUT2D eigenvalue weighted by molar-refractivity contribution is -0.136. The van der Waals surface area contributed by atoms with E-state index >= 15 is 0 Å². The highest BCUT2D eigenvalue weighted by molar-refractivity contribution is 8.76. The lowest BCUT2D eigenvalue weighted by Gasteiger charge is -2.08. The van der Waals surface area contributed by atoms with Gasteiger partial charge in [-0.15, -0.1) is 0 Å². The van der Waals surface area contributed by atoms with Crippen molar-refractivity contribution < 1.29 is 22.9 Å². The number of aliphatic carboxylic acids is 1. The van der Waals surface area contributed by atoms with E-state index in [9.17, 15) is 13.2 Å². The van der Waals surface area contributed by atoms with Crippen LogP contribution in [0.2, 0.25) is 0 Å². The molecular formula is C10H12O5S3. The van der Waals surface area contributed by atoms with Crippen LogP contribution in [0.25, 0.3) is 0 Å². The summed E-state index contributed by atoms with van der Waals surface area (Å²) in [6.07, 6.45) is -0.126. The molecule has 0 aliphatic carbocycles. The maximum absolute atomic E-state index is 10.8. The highest BCUT2D eigenvalue weighted by atomic mass is 33.1. The fourth-order valence-electron chi connectivity index (χ4n) is 1.14. The van der Waals surface area contributed by atoms with Crippen LogP contribution in [0, 0.1) is 0 Å². The van der Waals surface area contributed by atoms with E-state index in [4.69, 9.17) is 9.66 Å². The van der Waals surface area contributed by atoms with Crippen molar-refractivity contribution in [2.24, 2.45) is 0 Å². The van der Waals surface area contributed by atoms with E-state index in [0.717, 1.165) is 4.90 Å². The van der Waals surface area contributed by atoms with Crippen molar-refractivity contribution in [3.63, 3.8) is 0 Å². The Hall–Kier alpha value is -0.700. The Balaban J connectivity index is 2.39. The van der Waals surface area contributed by atoms with Gasteiger partial charge in [0.1, 0.15) is 0 Å². The average Bonchev–Trinajstić information content (AvgIpc) is 2.27. The Morgan fingerprint density at radius 1 is 1.28 bits per heavy atom. The van der Waals surface area contributed by atoms with Crippen LogP contribution in [-0.2, 0) is 14.9 Å². The molecule has 1 aromatic rings. The smallest absolute Gasteiger partial charge is 0.324 e. The minimum Gasteiger partial charge on any atom is -0.480 e. The Kier molecular flexibility index (Phi) is 6.00. The zero-order chi connectivity index (χ0) is 13.6. The Morgan fingerprint density at radius 2 is 1.89 bits per heavy atom. The zero-order valence-corrected chi connectivity index (χ0v) is 11.7. The molecule has 8 heteroatoms. The second kappa shape index (κ2) is 7.03. The number of rotatable bonds is 7. The first-order chi connectivity index (χ1) is 8.41. The number of benzene rings is 1. The number of carboxylic acids is 1. The molecule has 0 aromatic heterocycles. The summed E-state index contributed by atoms with van der Waals surface area (Å²) < 4.78 is 30.3. The molecule has 0 radical (unpaired) electrons. The van der Waals surface area contributed by atoms with Crippen LogP contribution in [0.3, 0.4) is 0 Å². The molecule has 1 unspecified atom stereocenters. The van der Waals surface area contributed by atoms with Gasteiger partial charge in [0.15, 0.2) is 5.25 Å². The van der Waals surface area contributed by atoms with Crippen molar-refractivity contribution in [1.82, 2.24) is 0 Å². The van der Waals surface area contributed by atoms with Crippen molar-refractivity contribution in [3.8, 4) is 0 Å². The standard InChI is InChI=1S/C10H12O5S3/c11-10(12)9(18(13,14)15)6-7-16-17-8-4-2-1-3-5-8/h1-5,9H,6-7H2,(H,11,12)(H,13,14,15). The summed E-state index contributed by atoms with van der Waals surface area (Å²) in [7, 11) is -1.75. The van der Waals surface area contributed by atoms with Crippen LogP contribution >= 0.6 is 21.6 Å². The lowest BCUT2D eigenvalue weighted by Crippen LogP contribution is -2.30. The fourth-order valence-corrected chi connectivity index (χ4v) is 4.06. The Labute approximate surface area is 113 Å². The van der Waals surface area contributed by atoms with Gasteiger partial charge in [-0.3, -0.25) is 9.35 Å². The van der Waals surface area contributed by atoms with Crippen molar-refractivity contribution in [2.45, 2.75) is 16.6 Å². The summed E-state index contributed by atoms with van der Waals surface area (Å²) in [4.78, 5) is 11.7. The van der Waals surface area contributed by atoms with Gasteiger partial charge in [0.2, 0.25) is 0 Å². The molecule has 0 saturated carbocycles. The van der Waals surface area contributed by atoms with Gasteiger partial charge >= 0.3 is 5.97 Å². The summed E-state index contributed by atoms with van der Waals surface area (Å²) in [6.45, 7) is 0. The Bertz CT molecular complexity index is 485. The van der Waals surface area contributed by atoms with Crippen molar-refractivity contribution in [1.29, 1.82) is 0 Å². The van der Waals surface area contributed by atoms with E-state index < -0.39 is 21.3 Å². The van der Waals surface area contributed by atoms with Gasteiger partial charge in [-0.2, -0.15) is 8.42 Å². The summed E-state index contributed by atoms with van der Waals surface area (Å²) in [6, 6.07) is 9.43. The molecule has 5 nitrogen and oxygen atoms in total. The maximum atomic E-state index is 10.8. The van der Waals surface area contributed by atoms with Gasteiger partial charge in [0.25, 0.3) is 10.1 Å². The molecule has 1 atom stereocenters. The molecule has 100 valence electrons. The molecule has 0 amide bonds. The van der Waals surface area contributed by atoms with Crippen molar-refractivity contribution in [2.75, 3.05) is 5.75 Å². The quantitative estimate of drug-likeness (QED) is 0.453. The Morgan fingerprint density at radius 3 is 2.39 bits per heavy atom. The molecule has 0 aliphatic heterocycles. The minimum absolute atomic E-state index is 0.126. The number of carboxylic acid groups (broad SMARTS) is 1. The van der Waals surface area contributed by atoms with Crippen molar-refractivity contribution in [3.05, 3.63) is 30.3 Å². The predicted molar refractivity (Wildman–Crippen MR) is 72.3 cm³/mol. The third-order valence-corrected chi connectivity index (χ3v) is 5.57. The number of carbonyl (C=O) groups is 1. The van der Waals surface area contributed by atoms with Gasteiger partial charge in [-0.05, 0) is 18.6 Å². The number of hydrogen-bond donors (Lipinski definition) is 2. The molecule has 0 saturated heterocycles. The van der Waals surface area contributed by atoms with E-state index in [-0.39, 0.29) is 6.42 Å². The van der Waals surface area contributed by atoms with Gasteiger partial charge in [0, 0.05) is 10.6 Å². The van der Waals surface area contributed by atoms with E-state index in [2.05, 4.69) is 0 Å². The molecule has 1 aromatic carbocycles. The second-order valence-electron chi connectivity index (χ2n) is 3.35. The molecular weight excluding hydrogens is 296 g/mol. The topological polar surface area (TPSA) is 91.7 Å². The van der Waals surface area contributed by atoms with Gasteiger partial charge < -0.3 is 5.11 Å². The monoisotopic (exact) mass is 308 g/mol. The molecule has 0 aliphatic rings. The van der Waals surface area contributed by atoms with Crippen LogP contribution in [-0.4, -0.2) is 35.0 Å². The molecule has 2 N–H and O–H groups in total. The van der Waals surface area contributed by atoms with Crippen molar-refractivity contribution >= 4 is 37.7 Å². The molecule has 0 bridgehead atoms. The van der Waals surface area contributed by atoms with Crippen LogP contribution < -0.4 is 0 Å².